The fraction of sp³-hybridized carbons (Fsp3) is 0.222. The molecule has 2 rings (SSSR count). The topological polar surface area (TPSA) is 98.8 Å². The smallest absolute Gasteiger partial charge is 0.324 e. The van der Waals surface area contributed by atoms with Crippen molar-refractivity contribution >= 4 is 21.8 Å². The lowest BCUT2D eigenvalue weighted by Gasteiger charge is -2.14. The lowest BCUT2D eigenvalue weighted by atomic mass is 10.1. The van der Waals surface area contributed by atoms with Crippen LogP contribution >= 0.6 is 0 Å². The highest BCUT2D eigenvalue weighted by Crippen LogP contribution is 2.18. The van der Waals surface area contributed by atoms with E-state index in [1.807, 2.05) is 4.72 Å². The number of carbonyl (C=O) groups excluding carboxylic acids is 2. The van der Waals surface area contributed by atoms with Crippen LogP contribution in [0.2, 0.25) is 0 Å². The van der Waals surface area contributed by atoms with Gasteiger partial charge in [0.05, 0.1) is 7.11 Å². The van der Waals surface area contributed by atoms with E-state index in [4.69, 9.17) is 9.47 Å². The lowest BCUT2D eigenvalue weighted by molar-refractivity contribution is -0.144. The van der Waals surface area contributed by atoms with Crippen molar-refractivity contribution in [3.8, 4) is 5.75 Å². The Kier molecular flexibility index (Phi) is 6.81. The van der Waals surface area contributed by atoms with Crippen molar-refractivity contribution in [2.24, 2.45) is 0 Å². The van der Waals surface area contributed by atoms with E-state index in [0.717, 1.165) is 18.2 Å². The molecule has 0 spiro atoms. The Hall–Kier alpha value is -2.85. The van der Waals surface area contributed by atoms with E-state index in [1.165, 1.54) is 38.3 Å². The number of nitrogens with one attached hydrogen (secondary N) is 1. The molecule has 0 aliphatic rings. The first-order chi connectivity index (χ1) is 13.2. The van der Waals surface area contributed by atoms with Crippen molar-refractivity contribution in [2.45, 2.75) is 17.9 Å². The van der Waals surface area contributed by atoms with E-state index in [0.29, 0.717) is 0 Å². The normalized spacial score (nSPS) is 12.3. The monoisotopic (exact) mass is 413 g/mol. The molecule has 0 unspecified atom stereocenters. The first-order valence-corrected chi connectivity index (χ1v) is 9.44. The van der Waals surface area contributed by atoms with E-state index in [1.54, 1.807) is 0 Å². The molecule has 7 nitrogen and oxygen atoms in total. The van der Waals surface area contributed by atoms with Gasteiger partial charge in [0, 0.05) is 5.56 Å². The SMILES string of the molecule is COc1ccc(C(=O)COC(=O)[C@H](C)NS(=O)(=O)c2ccccc2F)cc1F. The van der Waals surface area contributed by atoms with Crippen molar-refractivity contribution in [1.82, 2.24) is 4.72 Å². The van der Waals surface area contributed by atoms with Crippen LogP contribution in [0.5, 0.6) is 5.75 Å². The van der Waals surface area contributed by atoms with Gasteiger partial charge < -0.3 is 9.47 Å². The Labute approximate surface area is 160 Å². The third-order valence-electron chi connectivity index (χ3n) is 3.63. The predicted molar refractivity (Wildman–Crippen MR) is 94.4 cm³/mol. The summed E-state index contributed by atoms with van der Waals surface area (Å²) in [5.41, 5.74) is -0.0503. The molecular formula is C18H17F2NO6S. The van der Waals surface area contributed by atoms with Gasteiger partial charge in [-0.15, -0.1) is 0 Å². The van der Waals surface area contributed by atoms with Gasteiger partial charge in [0.15, 0.2) is 24.0 Å². The molecule has 0 bridgehead atoms. The van der Waals surface area contributed by atoms with Crippen LogP contribution in [0.4, 0.5) is 8.78 Å². The minimum atomic E-state index is -4.31. The molecular weight excluding hydrogens is 396 g/mol. The van der Waals surface area contributed by atoms with Crippen LogP contribution in [0.15, 0.2) is 47.4 Å². The van der Waals surface area contributed by atoms with Gasteiger partial charge in [-0.2, -0.15) is 4.72 Å². The summed E-state index contributed by atoms with van der Waals surface area (Å²) < 4.78 is 63.0. The predicted octanol–water partition coefficient (Wildman–Crippen LogP) is 2.07. The zero-order chi connectivity index (χ0) is 20.9. The molecule has 0 aliphatic carbocycles. The number of ether oxygens (including phenoxy) is 2. The molecule has 0 saturated carbocycles. The van der Waals surface area contributed by atoms with Gasteiger partial charge in [-0.05, 0) is 37.3 Å². The number of esters is 1. The molecule has 0 heterocycles. The molecule has 2 aromatic carbocycles. The number of methoxy groups -OCH3 is 1. The molecule has 1 N–H and O–H groups in total. The summed E-state index contributed by atoms with van der Waals surface area (Å²) in [7, 11) is -3.04. The molecule has 28 heavy (non-hydrogen) atoms. The van der Waals surface area contributed by atoms with Crippen molar-refractivity contribution in [3.05, 3.63) is 59.7 Å². The second-order valence-corrected chi connectivity index (χ2v) is 7.34. The average molecular weight is 413 g/mol. The number of ketones is 1. The van der Waals surface area contributed by atoms with Gasteiger partial charge in [-0.25, -0.2) is 17.2 Å². The Morgan fingerprint density at radius 3 is 2.39 bits per heavy atom. The molecule has 150 valence electrons. The maximum Gasteiger partial charge on any atom is 0.324 e. The van der Waals surface area contributed by atoms with Crippen molar-refractivity contribution in [1.29, 1.82) is 0 Å². The molecule has 0 amide bonds. The van der Waals surface area contributed by atoms with Gasteiger partial charge in [0.2, 0.25) is 10.0 Å². The Morgan fingerprint density at radius 1 is 1.11 bits per heavy atom. The highest BCUT2D eigenvalue weighted by Gasteiger charge is 2.26. The molecule has 0 fully saturated rings. The van der Waals surface area contributed by atoms with E-state index in [-0.39, 0.29) is 11.3 Å². The van der Waals surface area contributed by atoms with Crippen molar-refractivity contribution in [3.63, 3.8) is 0 Å². The number of halogens is 2. The van der Waals surface area contributed by atoms with Gasteiger partial charge in [-0.3, -0.25) is 9.59 Å². The first-order valence-electron chi connectivity index (χ1n) is 7.96. The van der Waals surface area contributed by atoms with Crippen LogP contribution in [-0.4, -0.2) is 39.9 Å². The van der Waals surface area contributed by atoms with E-state index < -0.39 is 51.0 Å². The summed E-state index contributed by atoms with van der Waals surface area (Å²) in [5, 5.41) is 0. The third-order valence-corrected chi connectivity index (χ3v) is 5.20. The fourth-order valence-corrected chi connectivity index (χ4v) is 3.46. The average Bonchev–Trinajstić information content (AvgIpc) is 2.65. The molecule has 0 aromatic heterocycles. The standard InChI is InChI=1S/C18H17F2NO6S/c1-11(21-28(24,25)17-6-4-3-5-13(17)19)18(23)27-10-15(22)12-7-8-16(26-2)14(20)9-12/h3-9,11,21H,10H2,1-2H3/t11-/m0/s1. The largest absolute Gasteiger partial charge is 0.494 e. The minimum absolute atomic E-state index is 0.0503. The molecule has 10 heteroatoms. The zero-order valence-electron chi connectivity index (χ0n) is 14.9. The number of benzene rings is 2. The summed E-state index contributed by atoms with van der Waals surface area (Å²) >= 11 is 0. The Morgan fingerprint density at radius 2 is 1.79 bits per heavy atom. The minimum Gasteiger partial charge on any atom is -0.494 e. The Bertz CT molecular complexity index is 993. The van der Waals surface area contributed by atoms with Crippen molar-refractivity contribution in [2.75, 3.05) is 13.7 Å². The molecule has 2 aromatic rings. The second kappa shape index (κ2) is 8.89. The van der Waals surface area contributed by atoms with E-state index >= 15 is 0 Å². The summed E-state index contributed by atoms with van der Waals surface area (Å²) in [4.78, 5) is 23.3. The van der Waals surface area contributed by atoms with Gasteiger partial charge in [0.1, 0.15) is 16.8 Å². The van der Waals surface area contributed by atoms with E-state index in [9.17, 15) is 26.8 Å². The number of Topliss-reactive ketones (excluding diaryl/α,β-unsaturated/α-hetero) is 1. The highest BCUT2D eigenvalue weighted by atomic mass is 32.2. The van der Waals surface area contributed by atoms with Crippen LogP contribution in [0.25, 0.3) is 0 Å². The van der Waals surface area contributed by atoms with Crippen molar-refractivity contribution < 1.29 is 36.3 Å². The zero-order valence-corrected chi connectivity index (χ0v) is 15.8. The molecule has 0 saturated heterocycles. The van der Waals surface area contributed by atoms with Gasteiger partial charge >= 0.3 is 5.97 Å². The summed E-state index contributed by atoms with van der Waals surface area (Å²) in [5.74, 6) is -3.54. The van der Waals surface area contributed by atoms with Gasteiger partial charge in [-0.1, -0.05) is 12.1 Å². The van der Waals surface area contributed by atoms with Crippen LogP contribution in [-0.2, 0) is 19.6 Å². The molecule has 0 radical (unpaired) electrons. The Balaban J connectivity index is 1.98. The molecule has 1 atom stereocenters. The molecule has 0 aliphatic heterocycles. The van der Waals surface area contributed by atoms with Crippen LogP contribution in [0.3, 0.4) is 0 Å². The maximum atomic E-state index is 13.6. The third kappa shape index (κ3) is 5.11. The second-order valence-electron chi connectivity index (χ2n) is 5.65. The number of rotatable bonds is 8. The van der Waals surface area contributed by atoms with Crippen LogP contribution in [0.1, 0.15) is 17.3 Å². The first kappa shape index (κ1) is 21.5. The van der Waals surface area contributed by atoms with Gasteiger partial charge in [0.25, 0.3) is 0 Å². The highest BCUT2D eigenvalue weighted by molar-refractivity contribution is 7.89. The number of carbonyl (C=O) groups is 2. The van der Waals surface area contributed by atoms with Crippen LogP contribution < -0.4 is 9.46 Å². The quantitative estimate of drug-likeness (QED) is 0.526. The summed E-state index contributed by atoms with van der Waals surface area (Å²) in [6, 6.07) is 6.73. The summed E-state index contributed by atoms with van der Waals surface area (Å²) in [6.45, 7) is 0.453. The van der Waals surface area contributed by atoms with E-state index in [2.05, 4.69) is 0 Å². The van der Waals surface area contributed by atoms with Crippen LogP contribution in [0, 0.1) is 11.6 Å². The lowest BCUT2D eigenvalue weighted by Crippen LogP contribution is -2.40. The number of sulfonamides is 1. The fourth-order valence-electron chi connectivity index (χ4n) is 2.19. The summed E-state index contributed by atoms with van der Waals surface area (Å²) in [6.07, 6.45) is 0. The number of hydrogen-bond donors (Lipinski definition) is 1. The number of hydrogen-bond acceptors (Lipinski definition) is 6. The maximum absolute atomic E-state index is 13.6.